The Morgan fingerprint density at radius 1 is 1.00 bits per heavy atom. The van der Waals surface area contributed by atoms with E-state index in [0.29, 0.717) is 11.3 Å². The summed E-state index contributed by atoms with van der Waals surface area (Å²) in [5.41, 5.74) is 0.657. The third-order valence-corrected chi connectivity index (χ3v) is 9.12. The highest BCUT2D eigenvalue weighted by Crippen LogP contribution is 2.66. The summed E-state index contributed by atoms with van der Waals surface area (Å²) >= 11 is 0. The lowest BCUT2D eigenvalue weighted by molar-refractivity contribution is -0.123. The average molecular weight is 350 g/mol. The number of alkyl carbamates (subject to hydrolysis) is 1. The minimum Gasteiger partial charge on any atom is -0.453 e. The maximum atomic E-state index is 11.8. The molecule has 4 fully saturated rings. The molecule has 2 N–H and O–H groups in total. The molecule has 4 heteroatoms. The number of carbonyl (C=O) groups is 1. The first-order valence-corrected chi connectivity index (χ1v) is 10.4. The number of rotatable bonds is 1. The Kier molecular flexibility index (Phi) is 4.33. The van der Waals surface area contributed by atoms with Crippen LogP contribution in [-0.4, -0.2) is 30.5 Å². The monoisotopic (exact) mass is 349 g/mol. The van der Waals surface area contributed by atoms with Crippen molar-refractivity contribution >= 4 is 6.09 Å². The van der Waals surface area contributed by atoms with Crippen LogP contribution in [0, 0.1) is 34.5 Å². The molecule has 0 aliphatic heterocycles. The highest BCUT2D eigenvalue weighted by molar-refractivity contribution is 5.67. The molecule has 4 rings (SSSR count). The first kappa shape index (κ1) is 17.6. The SMILES string of the molecule is COC(=O)N[C@H]1CC[C@@H]2[C@H]3CC[C@H]4C[C@H](O)CC[C@]4(C)[C@@H]3CC[C@]12C. The fraction of sp³-hybridized carbons (Fsp3) is 0.952. The molecular weight excluding hydrogens is 314 g/mol. The zero-order valence-corrected chi connectivity index (χ0v) is 16.1. The van der Waals surface area contributed by atoms with Gasteiger partial charge in [0.1, 0.15) is 0 Å². The molecule has 142 valence electrons. The van der Waals surface area contributed by atoms with E-state index in [4.69, 9.17) is 4.74 Å². The number of aliphatic hydroxyl groups is 1. The molecule has 1 amide bonds. The van der Waals surface area contributed by atoms with E-state index in [1.807, 2.05) is 0 Å². The third kappa shape index (κ3) is 2.62. The van der Waals surface area contributed by atoms with Gasteiger partial charge in [0.25, 0.3) is 0 Å². The fourth-order valence-electron chi connectivity index (χ4n) is 7.67. The summed E-state index contributed by atoms with van der Waals surface area (Å²) in [5.74, 6) is 3.07. The van der Waals surface area contributed by atoms with Crippen molar-refractivity contribution in [2.75, 3.05) is 7.11 Å². The maximum Gasteiger partial charge on any atom is 0.407 e. The molecule has 0 heterocycles. The van der Waals surface area contributed by atoms with Crippen molar-refractivity contribution in [3.63, 3.8) is 0 Å². The first-order chi connectivity index (χ1) is 11.9. The number of fused-ring (bicyclic) bond motifs is 5. The lowest BCUT2D eigenvalue weighted by Gasteiger charge is -2.60. The van der Waals surface area contributed by atoms with Gasteiger partial charge in [0, 0.05) is 6.04 Å². The summed E-state index contributed by atoms with van der Waals surface area (Å²) < 4.78 is 4.87. The molecule has 4 aliphatic rings. The molecule has 0 bridgehead atoms. The highest BCUT2D eigenvalue weighted by Gasteiger charge is 2.60. The molecule has 0 radical (unpaired) electrons. The van der Waals surface area contributed by atoms with E-state index < -0.39 is 0 Å². The van der Waals surface area contributed by atoms with Crippen LogP contribution in [-0.2, 0) is 4.74 Å². The molecule has 8 atom stereocenters. The molecule has 0 aromatic heterocycles. The van der Waals surface area contributed by atoms with Crippen molar-refractivity contribution in [1.82, 2.24) is 5.32 Å². The molecule has 25 heavy (non-hydrogen) atoms. The summed E-state index contributed by atoms with van der Waals surface area (Å²) in [7, 11) is 1.46. The van der Waals surface area contributed by atoms with Gasteiger partial charge in [-0.25, -0.2) is 4.79 Å². The number of hydrogen-bond donors (Lipinski definition) is 2. The van der Waals surface area contributed by atoms with E-state index in [-0.39, 0.29) is 23.7 Å². The summed E-state index contributed by atoms with van der Waals surface area (Å²) in [6.45, 7) is 4.95. The average Bonchev–Trinajstić information content (AvgIpc) is 2.92. The van der Waals surface area contributed by atoms with Crippen molar-refractivity contribution in [1.29, 1.82) is 0 Å². The highest BCUT2D eigenvalue weighted by atomic mass is 16.5. The van der Waals surface area contributed by atoms with Gasteiger partial charge in [-0.3, -0.25) is 0 Å². The maximum absolute atomic E-state index is 11.8. The normalized spacial score (nSPS) is 51.8. The van der Waals surface area contributed by atoms with Crippen LogP contribution in [0.2, 0.25) is 0 Å². The third-order valence-electron chi connectivity index (χ3n) is 9.12. The van der Waals surface area contributed by atoms with Crippen molar-refractivity contribution in [2.45, 2.75) is 83.8 Å². The zero-order chi connectivity index (χ0) is 17.8. The molecular formula is C21H35NO3. The van der Waals surface area contributed by atoms with Crippen LogP contribution in [0.1, 0.15) is 71.6 Å². The smallest absolute Gasteiger partial charge is 0.407 e. The van der Waals surface area contributed by atoms with Gasteiger partial charge >= 0.3 is 6.09 Å². The number of carbonyl (C=O) groups excluding carboxylic acids is 1. The fourth-order valence-corrected chi connectivity index (χ4v) is 7.67. The Morgan fingerprint density at radius 3 is 2.48 bits per heavy atom. The van der Waals surface area contributed by atoms with Gasteiger partial charge in [0.05, 0.1) is 13.2 Å². The Morgan fingerprint density at radius 2 is 1.72 bits per heavy atom. The summed E-state index contributed by atoms with van der Waals surface area (Å²) in [5, 5.41) is 13.3. The van der Waals surface area contributed by atoms with Gasteiger partial charge in [0.15, 0.2) is 0 Å². The van der Waals surface area contributed by atoms with Crippen LogP contribution in [0.3, 0.4) is 0 Å². The van der Waals surface area contributed by atoms with Gasteiger partial charge in [-0.15, -0.1) is 0 Å². The van der Waals surface area contributed by atoms with Crippen LogP contribution < -0.4 is 5.32 Å². The van der Waals surface area contributed by atoms with Crippen molar-refractivity contribution in [3.05, 3.63) is 0 Å². The van der Waals surface area contributed by atoms with E-state index in [1.54, 1.807) is 0 Å². The zero-order valence-electron chi connectivity index (χ0n) is 16.1. The number of methoxy groups -OCH3 is 1. The Labute approximate surface area is 152 Å². The van der Waals surface area contributed by atoms with Crippen molar-refractivity contribution in [2.24, 2.45) is 34.5 Å². The van der Waals surface area contributed by atoms with E-state index in [2.05, 4.69) is 19.2 Å². The topological polar surface area (TPSA) is 58.6 Å². The van der Waals surface area contributed by atoms with Crippen LogP contribution in [0.5, 0.6) is 0 Å². The molecule has 4 nitrogen and oxygen atoms in total. The lowest BCUT2D eigenvalue weighted by atomic mass is 9.45. The quantitative estimate of drug-likeness (QED) is 0.749. The molecule has 4 saturated carbocycles. The molecule has 0 spiro atoms. The van der Waals surface area contributed by atoms with Crippen LogP contribution >= 0.6 is 0 Å². The van der Waals surface area contributed by atoms with Crippen LogP contribution in [0.25, 0.3) is 0 Å². The lowest BCUT2D eigenvalue weighted by Crippen LogP contribution is -2.56. The molecule has 4 aliphatic carbocycles. The van der Waals surface area contributed by atoms with Crippen LogP contribution in [0.4, 0.5) is 4.79 Å². The van der Waals surface area contributed by atoms with E-state index in [0.717, 1.165) is 37.0 Å². The Bertz CT molecular complexity index is 537. The standard InChI is InChI=1S/C21H35NO3/c1-20-10-8-14(23)12-13(20)4-5-15-16-6-7-18(22-19(24)25-3)21(16,2)11-9-17(15)20/h13-18,23H,4-12H2,1-3H3,(H,22,24)/t13-,14+,15+,16+,17+,18-,20-,21-/m0/s1. The summed E-state index contributed by atoms with van der Waals surface area (Å²) in [6.07, 6.45) is 10.3. The molecule has 0 saturated heterocycles. The number of amides is 1. The molecule has 0 aromatic rings. The van der Waals surface area contributed by atoms with Crippen molar-refractivity contribution in [3.8, 4) is 0 Å². The minimum absolute atomic E-state index is 0.0661. The van der Waals surface area contributed by atoms with Gasteiger partial charge in [-0.05, 0) is 92.3 Å². The van der Waals surface area contributed by atoms with E-state index in [9.17, 15) is 9.90 Å². The predicted octanol–water partition coefficient (Wildman–Crippen LogP) is 4.11. The Hall–Kier alpha value is -0.770. The number of ether oxygens (including phenoxy) is 1. The Balaban J connectivity index is 1.55. The largest absolute Gasteiger partial charge is 0.453 e. The number of nitrogens with one attached hydrogen (secondary N) is 1. The predicted molar refractivity (Wildman–Crippen MR) is 97.1 cm³/mol. The van der Waals surface area contributed by atoms with Gasteiger partial charge in [-0.2, -0.15) is 0 Å². The summed E-state index contributed by atoms with van der Waals surface area (Å²) in [6, 6.07) is 0.268. The second-order valence-corrected chi connectivity index (χ2v) is 9.90. The minimum atomic E-state index is -0.272. The van der Waals surface area contributed by atoms with E-state index >= 15 is 0 Å². The molecule has 0 unspecified atom stereocenters. The van der Waals surface area contributed by atoms with Crippen LogP contribution in [0.15, 0.2) is 0 Å². The van der Waals surface area contributed by atoms with Gasteiger partial charge < -0.3 is 15.2 Å². The number of hydrogen-bond acceptors (Lipinski definition) is 3. The second-order valence-electron chi connectivity index (χ2n) is 9.90. The van der Waals surface area contributed by atoms with Crippen molar-refractivity contribution < 1.29 is 14.6 Å². The number of aliphatic hydroxyl groups excluding tert-OH is 1. The van der Waals surface area contributed by atoms with E-state index in [1.165, 1.54) is 45.6 Å². The van der Waals surface area contributed by atoms with Gasteiger partial charge in [0.2, 0.25) is 0 Å². The first-order valence-electron chi connectivity index (χ1n) is 10.4. The summed E-state index contributed by atoms with van der Waals surface area (Å²) in [4.78, 5) is 11.8. The second kappa shape index (κ2) is 6.14. The van der Waals surface area contributed by atoms with Gasteiger partial charge in [-0.1, -0.05) is 13.8 Å². The molecule has 0 aromatic carbocycles.